The summed E-state index contributed by atoms with van der Waals surface area (Å²) in [4.78, 5) is 0. The minimum Gasteiger partial charge on any atom is -0.175 e. The Hall–Kier alpha value is -0.830. The molecule has 0 atom stereocenters. The van der Waals surface area contributed by atoms with Crippen LogP contribution in [0.2, 0.25) is 0 Å². The Bertz CT molecular complexity index is 368. The number of unbranched alkanes of at least 4 members (excludes halogenated alkanes) is 1. The van der Waals surface area contributed by atoms with Gasteiger partial charge in [-0.1, -0.05) is 37.6 Å². The van der Waals surface area contributed by atoms with E-state index in [1.165, 1.54) is 0 Å². The van der Waals surface area contributed by atoms with E-state index < -0.39 is 6.08 Å². The molecular formula is C13H16F2S. The minimum atomic E-state index is -1.57. The van der Waals surface area contributed by atoms with Crippen molar-refractivity contribution in [2.24, 2.45) is 0 Å². The number of benzene rings is 1. The second kappa shape index (κ2) is 6.69. The van der Waals surface area contributed by atoms with Gasteiger partial charge in [0.15, 0.2) is 0 Å². The van der Waals surface area contributed by atoms with E-state index in [4.69, 9.17) is 0 Å². The Morgan fingerprint density at radius 3 is 2.50 bits per heavy atom. The van der Waals surface area contributed by atoms with E-state index >= 15 is 0 Å². The lowest BCUT2D eigenvalue weighted by Gasteiger charge is -2.10. The van der Waals surface area contributed by atoms with E-state index in [0.717, 1.165) is 18.4 Å². The van der Waals surface area contributed by atoms with Crippen LogP contribution < -0.4 is 0 Å². The van der Waals surface area contributed by atoms with Crippen LogP contribution in [0, 0.1) is 0 Å². The number of allylic oxidation sites excluding steroid dienone is 1. The monoisotopic (exact) mass is 242 g/mol. The van der Waals surface area contributed by atoms with Gasteiger partial charge in [-0.25, -0.2) is 0 Å². The molecular weight excluding hydrogens is 226 g/mol. The van der Waals surface area contributed by atoms with Gasteiger partial charge in [0.25, 0.3) is 6.08 Å². The third-order valence-corrected chi connectivity index (χ3v) is 2.86. The van der Waals surface area contributed by atoms with Crippen LogP contribution in [-0.2, 0) is 5.75 Å². The Kier molecular flexibility index (Phi) is 5.53. The normalized spacial score (nSPS) is 10.2. The van der Waals surface area contributed by atoms with Gasteiger partial charge < -0.3 is 0 Å². The van der Waals surface area contributed by atoms with Gasteiger partial charge in [-0.05, 0) is 24.0 Å². The molecule has 0 aliphatic rings. The van der Waals surface area contributed by atoms with Gasteiger partial charge in [-0.2, -0.15) is 21.4 Å². The van der Waals surface area contributed by atoms with Gasteiger partial charge in [-0.3, -0.25) is 0 Å². The first-order valence-electron chi connectivity index (χ1n) is 5.44. The number of hydrogen-bond acceptors (Lipinski definition) is 1. The lowest BCUT2D eigenvalue weighted by atomic mass is 9.97. The van der Waals surface area contributed by atoms with Crippen LogP contribution in [0.25, 0.3) is 5.57 Å². The molecule has 0 unspecified atom stereocenters. The highest BCUT2D eigenvalue weighted by Gasteiger charge is 2.11. The van der Waals surface area contributed by atoms with Crippen molar-refractivity contribution >= 4 is 18.2 Å². The molecule has 1 aromatic rings. The molecule has 0 heterocycles. The Labute approximate surface area is 101 Å². The summed E-state index contributed by atoms with van der Waals surface area (Å²) in [5.41, 5.74) is 1.68. The quantitative estimate of drug-likeness (QED) is 0.696. The first-order chi connectivity index (χ1) is 7.70. The molecule has 0 nitrogen and oxygen atoms in total. The molecule has 0 radical (unpaired) electrons. The van der Waals surface area contributed by atoms with Crippen molar-refractivity contribution in [2.45, 2.75) is 31.9 Å². The van der Waals surface area contributed by atoms with Gasteiger partial charge in [0.2, 0.25) is 0 Å². The first kappa shape index (κ1) is 13.2. The zero-order valence-electron chi connectivity index (χ0n) is 9.34. The van der Waals surface area contributed by atoms with Crippen LogP contribution >= 0.6 is 12.6 Å². The number of hydrogen-bond donors (Lipinski definition) is 1. The summed E-state index contributed by atoms with van der Waals surface area (Å²) in [5, 5.41) is 0. The number of halogens is 2. The molecule has 3 heteroatoms. The molecule has 0 spiro atoms. The Balaban J connectivity index is 3.07. The largest absolute Gasteiger partial charge is 0.274 e. The summed E-state index contributed by atoms with van der Waals surface area (Å²) in [6.07, 6.45) is 0.569. The number of rotatable bonds is 5. The van der Waals surface area contributed by atoms with Crippen LogP contribution in [0.4, 0.5) is 8.78 Å². The van der Waals surface area contributed by atoms with E-state index in [1.807, 2.05) is 19.1 Å². The molecule has 0 saturated carbocycles. The van der Waals surface area contributed by atoms with Crippen LogP contribution in [0.15, 0.2) is 30.3 Å². The Morgan fingerprint density at radius 1 is 1.25 bits per heavy atom. The average Bonchev–Trinajstić information content (AvgIpc) is 2.29. The van der Waals surface area contributed by atoms with Crippen molar-refractivity contribution in [2.75, 3.05) is 0 Å². The molecule has 16 heavy (non-hydrogen) atoms. The zero-order valence-corrected chi connectivity index (χ0v) is 10.2. The molecule has 88 valence electrons. The fourth-order valence-corrected chi connectivity index (χ4v) is 1.91. The van der Waals surface area contributed by atoms with Gasteiger partial charge >= 0.3 is 0 Å². The SMILES string of the molecule is CCCCC(=C(F)F)c1ccccc1CS. The molecule has 1 rings (SSSR count). The third-order valence-electron chi connectivity index (χ3n) is 2.52. The average molecular weight is 242 g/mol. The zero-order chi connectivity index (χ0) is 12.0. The van der Waals surface area contributed by atoms with Crippen LogP contribution in [0.3, 0.4) is 0 Å². The van der Waals surface area contributed by atoms with Crippen molar-refractivity contribution in [1.82, 2.24) is 0 Å². The second-order valence-electron chi connectivity index (χ2n) is 3.66. The molecule has 0 aromatic heterocycles. The number of thiol groups is 1. The topological polar surface area (TPSA) is 0 Å². The lowest BCUT2D eigenvalue weighted by molar-refractivity contribution is 0.422. The predicted octanol–water partition coefficient (Wildman–Crippen LogP) is 4.91. The minimum absolute atomic E-state index is 0.173. The van der Waals surface area contributed by atoms with Crippen molar-refractivity contribution in [3.63, 3.8) is 0 Å². The van der Waals surface area contributed by atoms with Gasteiger partial charge in [0, 0.05) is 11.3 Å². The lowest BCUT2D eigenvalue weighted by Crippen LogP contribution is -1.93. The fourth-order valence-electron chi connectivity index (χ4n) is 1.64. The summed E-state index contributed by atoms with van der Waals surface area (Å²) in [6.45, 7) is 2.00. The van der Waals surface area contributed by atoms with Gasteiger partial charge in [0.05, 0.1) is 0 Å². The van der Waals surface area contributed by atoms with Crippen LogP contribution in [0.1, 0.15) is 37.3 Å². The van der Waals surface area contributed by atoms with Crippen molar-refractivity contribution in [3.05, 3.63) is 41.5 Å². The van der Waals surface area contributed by atoms with Gasteiger partial charge in [-0.15, -0.1) is 0 Å². The fraction of sp³-hybridized carbons (Fsp3) is 0.385. The highest BCUT2D eigenvalue weighted by Crippen LogP contribution is 2.29. The summed E-state index contributed by atoms with van der Waals surface area (Å²) in [7, 11) is 0. The summed E-state index contributed by atoms with van der Waals surface area (Å²) < 4.78 is 25.8. The van der Waals surface area contributed by atoms with E-state index in [1.54, 1.807) is 12.1 Å². The molecule has 0 N–H and O–H groups in total. The highest BCUT2D eigenvalue weighted by atomic mass is 32.1. The molecule has 0 saturated heterocycles. The third kappa shape index (κ3) is 3.34. The molecule has 0 fully saturated rings. The van der Waals surface area contributed by atoms with Crippen molar-refractivity contribution in [1.29, 1.82) is 0 Å². The maximum atomic E-state index is 12.9. The first-order valence-corrected chi connectivity index (χ1v) is 6.07. The smallest absolute Gasteiger partial charge is 0.175 e. The summed E-state index contributed by atoms with van der Waals surface area (Å²) in [6, 6.07) is 7.23. The van der Waals surface area contributed by atoms with Gasteiger partial charge in [0.1, 0.15) is 0 Å². The van der Waals surface area contributed by atoms with Crippen molar-refractivity contribution < 1.29 is 8.78 Å². The standard InChI is InChI=1S/C13H16F2S/c1-2-3-7-12(13(14)15)11-8-5-4-6-10(11)9-16/h4-6,8,16H,2-3,7,9H2,1H3. The molecule has 0 aliphatic carbocycles. The maximum absolute atomic E-state index is 12.9. The van der Waals surface area contributed by atoms with E-state index in [9.17, 15) is 8.78 Å². The predicted molar refractivity (Wildman–Crippen MR) is 67.8 cm³/mol. The highest BCUT2D eigenvalue weighted by molar-refractivity contribution is 7.79. The second-order valence-corrected chi connectivity index (χ2v) is 3.97. The van der Waals surface area contributed by atoms with E-state index in [-0.39, 0.29) is 5.57 Å². The maximum Gasteiger partial charge on any atom is 0.274 e. The summed E-state index contributed by atoms with van der Waals surface area (Å²) >= 11 is 4.17. The summed E-state index contributed by atoms with van der Waals surface area (Å²) in [5.74, 6) is 0.485. The van der Waals surface area contributed by atoms with Crippen molar-refractivity contribution in [3.8, 4) is 0 Å². The molecule has 0 bridgehead atoms. The van der Waals surface area contributed by atoms with E-state index in [2.05, 4.69) is 12.6 Å². The molecule has 0 aliphatic heterocycles. The Morgan fingerprint density at radius 2 is 1.94 bits per heavy atom. The van der Waals surface area contributed by atoms with E-state index in [0.29, 0.717) is 17.7 Å². The van der Waals surface area contributed by atoms with Crippen LogP contribution in [0.5, 0.6) is 0 Å². The molecule has 0 amide bonds. The molecule has 1 aromatic carbocycles. The van der Waals surface area contributed by atoms with Crippen LogP contribution in [-0.4, -0.2) is 0 Å².